The van der Waals surface area contributed by atoms with Crippen LogP contribution in [0.4, 0.5) is 4.39 Å². The van der Waals surface area contributed by atoms with Gasteiger partial charge in [-0.05, 0) is 30.8 Å². The third-order valence-corrected chi connectivity index (χ3v) is 5.41. The molecule has 0 spiro atoms. The zero-order valence-electron chi connectivity index (χ0n) is 10.3. The molecule has 1 unspecified atom stereocenters. The van der Waals surface area contributed by atoms with Crippen molar-refractivity contribution < 1.29 is 13.5 Å². The monoisotopic (exact) mass is 268 g/mol. The zero-order chi connectivity index (χ0) is 13.0. The highest BCUT2D eigenvalue weighted by molar-refractivity contribution is 7.70. The van der Waals surface area contributed by atoms with Crippen LogP contribution in [0.3, 0.4) is 0 Å². The molecule has 1 saturated carbocycles. The molecule has 1 aliphatic carbocycles. The van der Waals surface area contributed by atoms with Crippen molar-refractivity contribution in [1.29, 1.82) is 0 Å². The molecule has 0 radical (unpaired) electrons. The number of hydrogen-bond donors (Lipinski definition) is 0. The number of halogens is 1. The van der Waals surface area contributed by atoms with Gasteiger partial charge >= 0.3 is 0 Å². The van der Waals surface area contributed by atoms with Crippen LogP contribution in [0.2, 0.25) is 0 Å². The summed E-state index contributed by atoms with van der Waals surface area (Å²) in [4.78, 5) is 0. The van der Waals surface area contributed by atoms with Gasteiger partial charge in [0.1, 0.15) is 5.82 Å². The summed E-state index contributed by atoms with van der Waals surface area (Å²) in [5, 5.41) is 0.130. The van der Waals surface area contributed by atoms with Crippen LogP contribution in [0.25, 0.3) is 0 Å². The molecule has 0 heterocycles. The van der Waals surface area contributed by atoms with Crippen molar-refractivity contribution in [3.8, 4) is 0 Å². The van der Waals surface area contributed by atoms with Crippen LogP contribution >= 0.6 is 7.37 Å². The van der Waals surface area contributed by atoms with E-state index < -0.39 is 13.2 Å². The Morgan fingerprint density at radius 3 is 2.56 bits per heavy atom. The van der Waals surface area contributed by atoms with Gasteiger partial charge in [-0.15, -0.1) is 0 Å². The van der Waals surface area contributed by atoms with Gasteiger partial charge in [-0.2, -0.15) is 0 Å². The highest BCUT2D eigenvalue weighted by atomic mass is 31.2. The van der Waals surface area contributed by atoms with Crippen LogP contribution in [-0.4, -0.2) is 6.10 Å². The Kier molecular flexibility index (Phi) is 4.36. The first-order valence-corrected chi connectivity index (χ1v) is 8.02. The number of hydrogen-bond acceptors (Lipinski definition) is 2. The second kappa shape index (κ2) is 5.81. The molecule has 2 rings (SSSR count). The molecular weight excluding hydrogens is 250 g/mol. The molecule has 1 aromatic carbocycles. The first kappa shape index (κ1) is 13.5. The molecule has 1 aliphatic rings. The SMILES string of the molecule is C=CP(=O)(OC1CCCCC1)c1ccccc1F. The minimum Gasteiger partial charge on any atom is -0.319 e. The van der Waals surface area contributed by atoms with E-state index in [1.54, 1.807) is 12.1 Å². The van der Waals surface area contributed by atoms with Gasteiger partial charge in [-0.25, -0.2) is 4.39 Å². The lowest BCUT2D eigenvalue weighted by Crippen LogP contribution is -2.19. The average molecular weight is 268 g/mol. The summed E-state index contributed by atoms with van der Waals surface area (Å²) in [5.41, 5.74) is 0. The van der Waals surface area contributed by atoms with E-state index in [9.17, 15) is 8.96 Å². The van der Waals surface area contributed by atoms with Crippen molar-refractivity contribution in [2.45, 2.75) is 38.2 Å². The molecule has 1 atom stereocenters. The predicted octanol–water partition coefficient (Wildman–Crippen LogP) is 4.22. The van der Waals surface area contributed by atoms with Gasteiger partial charge in [0.2, 0.25) is 0 Å². The molecule has 1 aromatic rings. The van der Waals surface area contributed by atoms with Crippen molar-refractivity contribution in [3.63, 3.8) is 0 Å². The lowest BCUT2D eigenvalue weighted by molar-refractivity contribution is 0.163. The molecular formula is C14H18FO2P. The van der Waals surface area contributed by atoms with Crippen molar-refractivity contribution in [3.05, 3.63) is 42.5 Å². The zero-order valence-corrected chi connectivity index (χ0v) is 11.2. The predicted molar refractivity (Wildman–Crippen MR) is 71.8 cm³/mol. The molecule has 2 nitrogen and oxygen atoms in total. The maximum absolute atomic E-state index is 13.7. The Bertz CT molecular complexity index is 467. The minimum absolute atomic E-state index is 0.0396. The van der Waals surface area contributed by atoms with Gasteiger partial charge in [-0.3, -0.25) is 4.57 Å². The highest BCUT2D eigenvalue weighted by Crippen LogP contribution is 2.50. The second-order valence-electron chi connectivity index (χ2n) is 4.60. The van der Waals surface area contributed by atoms with E-state index in [2.05, 4.69) is 6.58 Å². The molecule has 0 amide bonds. The summed E-state index contributed by atoms with van der Waals surface area (Å²) < 4.78 is 32.1. The summed E-state index contributed by atoms with van der Waals surface area (Å²) in [5.74, 6) is 0.775. The summed E-state index contributed by atoms with van der Waals surface area (Å²) >= 11 is 0. The Balaban J connectivity index is 2.22. The fourth-order valence-corrected chi connectivity index (χ4v) is 4.01. The van der Waals surface area contributed by atoms with Crippen molar-refractivity contribution in [1.82, 2.24) is 0 Å². The van der Waals surface area contributed by atoms with E-state index in [4.69, 9.17) is 4.52 Å². The Labute approximate surface area is 107 Å². The lowest BCUT2D eigenvalue weighted by atomic mass is 9.98. The van der Waals surface area contributed by atoms with E-state index in [0.29, 0.717) is 0 Å². The maximum atomic E-state index is 13.7. The van der Waals surface area contributed by atoms with Gasteiger partial charge in [-0.1, -0.05) is 38.0 Å². The number of benzene rings is 1. The summed E-state index contributed by atoms with van der Waals surface area (Å²) in [7, 11) is -3.27. The standard InChI is InChI=1S/C14H18FO2P/c1-2-18(16,14-11-7-6-10-13(14)15)17-12-8-4-3-5-9-12/h2,6-7,10-12H,1,3-5,8-9H2. The largest absolute Gasteiger partial charge is 0.319 e. The fourth-order valence-electron chi connectivity index (χ4n) is 2.29. The fraction of sp³-hybridized carbons (Fsp3) is 0.429. The van der Waals surface area contributed by atoms with Gasteiger partial charge < -0.3 is 4.52 Å². The molecule has 0 bridgehead atoms. The van der Waals surface area contributed by atoms with Crippen LogP contribution in [0, 0.1) is 5.82 Å². The van der Waals surface area contributed by atoms with E-state index in [1.165, 1.54) is 24.4 Å². The summed E-state index contributed by atoms with van der Waals surface area (Å²) in [6.07, 6.45) is 5.11. The third-order valence-electron chi connectivity index (χ3n) is 3.29. The summed E-state index contributed by atoms with van der Waals surface area (Å²) in [6.45, 7) is 3.56. The van der Waals surface area contributed by atoms with Crippen LogP contribution in [0.5, 0.6) is 0 Å². The first-order chi connectivity index (χ1) is 8.65. The Morgan fingerprint density at radius 1 is 1.28 bits per heavy atom. The molecule has 0 N–H and O–H groups in total. The smallest absolute Gasteiger partial charge is 0.256 e. The maximum Gasteiger partial charge on any atom is 0.256 e. The normalized spacial score (nSPS) is 20.3. The Morgan fingerprint density at radius 2 is 1.94 bits per heavy atom. The van der Waals surface area contributed by atoms with Crippen molar-refractivity contribution >= 4 is 12.7 Å². The van der Waals surface area contributed by atoms with Gasteiger partial charge in [0.05, 0.1) is 11.4 Å². The van der Waals surface area contributed by atoms with Gasteiger partial charge in [0.25, 0.3) is 7.37 Å². The molecule has 18 heavy (non-hydrogen) atoms. The minimum atomic E-state index is -3.27. The molecule has 98 valence electrons. The van der Waals surface area contributed by atoms with Crippen molar-refractivity contribution in [2.75, 3.05) is 0 Å². The van der Waals surface area contributed by atoms with E-state index >= 15 is 0 Å². The third kappa shape index (κ3) is 2.90. The highest BCUT2D eigenvalue weighted by Gasteiger charge is 2.29. The van der Waals surface area contributed by atoms with Crippen LogP contribution < -0.4 is 5.30 Å². The number of rotatable bonds is 4. The Hall–Kier alpha value is -0.920. The van der Waals surface area contributed by atoms with Crippen molar-refractivity contribution in [2.24, 2.45) is 0 Å². The lowest BCUT2D eigenvalue weighted by Gasteiger charge is -2.26. The summed E-state index contributed by atoms with van der Waals surface area (Å²) in [6, 6.07) is 6.06. The average Bonchev–Trinajstić information content (AvgIpc) is 2.40. The first-order valence-electron chi connectivity index (χ1n) is 6.32. The molecule has 0 aliphatic heterocycles. The van der Waals surface area contributed by atoms with Crippen LogP contribution in [0.1, 0.15) is 32.1 Å². The molecule has 0 saturated heterocycles. The second-order valence-corrected chi connectivity index (χ2v) is 6.85. The van der Waals surface area contributed by atoms with Crippen LogP contribution in [-0.2, 0) is 9.09 Å². The van der Waals surface area contributed by atoms with E-state index in [1.807, 2.05) is 0 Å². The topological polar surface area (TPSA) is 26.3 Å². The van der Waals surface area contributed by atoms with Gasteiger partial charge in [0, 0.05) is 0 Å². The van der Waals surface area contributed by atoms with Gasteiger partial charge in [0.15, 0.2) is 0 Å². The van der Waals surface area contributed by atoms with Crippen LogP contribution in [0.15, 0.2) is 36.7 Å². The van der Waals surface area contributed by atoms with E-state index in [-0.39, 0.29) is 11.4 Å². The molecule has 4 heteroatoms. The quantitative estimate of drug-likeness (QED) is 0.764. The molecule has 0 aromatic heterocycles. The van der Waals surface area contributed by atoms with E-state index in [0.717, 1.165) is 25.7 Å². The molecule has 1 fully saturated rings.